The van der Waals surface area contributed by atoms with E-state index in [9.17, 15) is 8.78 Å². The van der Waals surface area contributed by atoms with E-state index in [0.29, 0.717) is 0 Å². The van der Waals surface area contributed by atoms with Crippen molar-refractivity contribution < 1.29 is 13.9 Å². The molecule has 72 valence electrons. The Hall–Kier alpha value is -1.00. The molecule has 0 spiro atoms. The van der Waals surface area contributed by atoms with Gasteiger partial charge in [-0.05, 0) is 25.1 Å². The first kappa shape index (κ1) is 10.1. The highest BCUT2D eigenvalue weighted by Gasteiger charge is 2.16. The molecule has 2 unspecified atom stereocenters. The largest absolute Gasteiger partial charge is 0.391 e. The van der Waals surface area contributed by atoms with Gasteiger partial charge >= 0.3 is 0 Å². The van der Waals surface area contributed by atoms with Crippen LogP contribution in [-0.4, -0.2) is 11.2 Å². The lowest BCUT2D eigenvalue weighted by Crippen LogP contribution is -2.24. The first-order valence-electron chi connectivity index (χ1n) is 3.91. The number of hydrogen-bond donors (Lipinski definition) is 2. The lowest BCUT2D eigenvalue weighted by atomic mass is 10.0. The molecule has 0 aliphatic rings. The van der Waals surface area contributed by atoms with Crippen molar-refractivity contribution in [3.05, 3.63) is 35.4 Å². The molecule has 13 heavy (non-hydrogen) atoms. The Morgan fingerprint density at radius 1 is 1.38 bits per heavy atom. The molecular formula is C9H11F2NO. The van der Waals surface area contributed by atoms with Gasteiger partial charge < -0.3 is 10.8 Å². The maximum absolute atomic E-state index is 13.0. The van der Waals surface area contributed by atoms with E-state index in [1.54, 1.807) is 0 Å². The van der Waals surface area contributed by atoms with Crippen LogP contribution >= 0.6 is 0 Å². The standard InChI is InChI=1S/C9H11F2NO/c1-5(13)9(12)7-4-6(10)2-3-8(7)11/h2-5,9,13H,12H2,1H3. The second-order valence-electron chi connectivity index (χ2n) is 2.93. The van der Waals surface area contributed by atoms with Gasteiger partial charge in [-0.2, -0.15) is 0 Å². The van der Waals surface area contributed by atoms with E-state index in [1.165, 1.54) is 6.92 Å². The monoisotopic (exact) mass is 187 g/mol. The van der Waals surface area contributed by atoms with E-state index in [2.05, 4.69) is 0 Å². The molecule has 0 fully saturated rings. The molecular weight excluding hydrogens is 176 g/mol. The maximum Gasteiger partial charge on any atom is 0.128 e. The third-order valence-electron chi connectivity index (χ3n) is 1.84. The number of hydrogen-bond acceptors (Lipinski definition) is 2. The average molecular weight is 187 g/mol. The predicted octanol–water partition coefficient (Wildman–Crippen LogP) is 1.35. The van der Waals surface area contributed by atoms with Crippen LogP contribution in [0.2, 0.25) is 0 Å². The molecule has 1 aromatic carbocycles. The summed E-state index contributed by atoms with van der Waals surface area (Å²) in [6.45, 7) is 1.43. The third kappa shape index (κ3) is 2.23. The minimum Gasteiger partial charge on any atom is -0.391 e. The van der Waals surface area contributed by atoms with E-state index in [-0.39, 0.29) is 5.56 Å². The van der Waals surface area contributed by atoms with Crippen LogP contribution in [0.3, 0.4) is 0 Å². The highest BCUT2D eigenvalue weighted by atomic mass is 19.1. The van der Waals surface area contributed by atoms with Crippen molar-refractivity contribution in [2.24, 2.45) is 5.73 Å². The quantitative estimate of drug-likeness (QED) is 0.734. The van der Waals surface area contributed by atoms with Gasteiger partial charge in [-0.1, -0.05) is 0 Å². The fourth-order valence-corrected chi connectivity index (χ4v) is 1.03. The first-order chi connectivity index (χ1) is 6.02. The van der Waals surface area contributed by atoms with Crippen LogP contribution in [-0.2, 0) is 0 Å². The fourth-order valence-electron chi connectivity index (χ4n) is 1.03. The lowest BCUT2D eigenvalue weighted by Gasteiger charge is -2.15. The van der Waals surface area contributed by atoms with Crippen molar-refractivity contribution in [1.29, 1.82) is 0 Å². The zero-order valence-corrected chi connectivity index (χ0v) is 7.17. The summed E-state index contributed by atoms with van der Waals surface area (Å²) in [7, 11) is 0. The second-order valence-corrected chi connectivity index (χ2v) is 2.93. The molecule has 0 saturated heterocycles. The van der Waals surface area contributed by atoms with Gasteiger partial charge in [0.05, 0.1) is 12.1 Å². The molecule has 2 atom stereocenters. The van der Waals surface area contributed by atoms with Gasteiger partial charge in [-0.25, -0.2) is 8.78 Å². The molecule has 0 bridgehead atoms. The van der Waals surface area contributed by atoms with Gasteiger partial charge in [-0.15, -0.1) is 0 Å². The Kier molecular flexibility index (Phi) is 2.95. The van der Waals surface area contributed by atoms with Gasteiger partial charge in [0, 0.05) is 5.56 Å². The van der Waals surface area contributed by atoms with Crippen molar-refractivity contribution in [3.63, 3.8) is 0 Å². The normalized spacial score (nSPS) is 15.5. The highest BCUT2D eigenvalue weighted by Crippen LogP contribution is 2.18. The molecule has 0 saturated carbocycles. The first-order valence-corrected chi connectivity index (χ1v) is 3.91. The maximum atomic E-state index is 13.0. The van der Waals surface area contributed by atoms with Crippen LogP contribution < -0.4 is 5.73 Å². The summed E-state index contributed by atoms with van der Waals surface area (Å²) in [5, 5.41) is 9.08. The van der Waals surface area contributed by atoms with Crippen LogP contribution in [0.25, 0.3) is 0 Å². The number of rotatable bonds is 2. The average Bonchev–Trinajstić information content (AvgIpc) is 2.08. The zero-order valence-electron chi connectivity index (χ0n) is 7.17. The van der Waals surface area contributed by atoms with Crippen LogP contribution in [0.15, 0.2) is 18.2 Å². The van der Waals surface area contributed by atoms with Crippen LogP contribution in [0.4, 0.5) is 8.78 Å². The smallest absolute Gasteiger partial charge is 0.128 e. The second kappa shape index (κ2) is 3.81. The summed E-state index contributed by atoms with van der Waals surface area (Å²) < 4.78 is 25.7. The van der Waals surface area contributed by atoms with Crippen molar-refractivity contribution in [3.8, 4) is 0 Å². The fraction of sp³-hybridized carbons (Fsp3) is 0.333. The zero-order chi connectivity index (χ0) is 10.0. The Morgan fingerprint density at radius 2 is 2.00 bits per heavy atom. The number of aliphatic hydroxyl groups is 1. The molecule has 0 amide bonds. The molecule has 0 aliphatic heterocycles. The Morgan fingerprint density at radius 3 is 2.54 bits per heavy atom. The van der Waals surface area contributed by atoms with Gasteiger partial charge in [0.2, 0.25) is 0 Å². The summed E-state index contributed by atoms with van der Waals surface area (Å²) >= 11 is 0. The SMILES string of the molecule is CC(O)C(N)c1cc(F)ccc1F. The van der Waals surface area contributed by atoms with Crippen molar-refractivity contribution in [1.82, 2.24) is 0 Å². The Balaban J connectivity index is 3.05. The van der Waals surface area contributed by atoms with Crippen LogP contribution in [0.1, 0.15) is 18.5 Å². The summed E-state index contributed by atoms with van der Waals surface area (Å²) in [5.41, 5.74) is 5.45. The Bertz CT molecular complexity index is 302. The molecule has 0 heterocycles. The topological polar surface area (TPSA) is 46.2 Å². The van der Waals surface area contributed by atoms with E-state index in [0.717, 1.165) is 18.2 Å². The molecule has 3 N–H and O–H groups in total. The number of aliphatic hydroxyl groups excluding tert-OH is 1. The third-order valence-corrected chi connectivity index (χ3v) is 1.84. The number of benzene rings is 1. The molecule has 4 heteroatoms. The van der Waals surface area contributed by atoms with E-state index < -0.39 is 23.8 Å². The molecule has 0 aliphatic carbocycles. The van der Waals surface area contributed by atoms with Gasteiger partial charge in [-0.3, -0.25) is 0 Å². The van der Waals surface area contributed by atoms with E-state index in [1.807, 2.05) is 0 Å². The summed E-state index contributed by atoms with van der Waals surface area (Å²) in [6.07, 6.45) is -0.906. The molecule has 0 aromatic heterocycles. The van der Waals surface area contributed by atoms with Crippen LogP contribution in [0.5, 0.6) is 0 Å². The lowest BCUT2D eigenvalue weighted by molar-refractivity contribution is 0.162. The van der Waals surface area contributed by atoms with E-state index >= 15 is 0 Å². The molecule has 1 aromatic rings. The highest BCUT2D eigenvalue weighted by molar-refractivity contribution is 5.22. The summed E-state index contributed by atoms with van der Waals surface area (Å²) in [6, 6.07) is 2.10. The summed E-state index contributed by atoms with van der Waals surface area (Å²) in [4.78, 5) is 0. The van der Waals surface area contributed by atoms with Crippen LogP contribution in [0, 0.1) is 11.6 Å². The van der Waals surface area contributed by atoms with Gasteiger partial charge in [0.15, 0.2) is 0 Å². The van der Waals surface area contributed by atoms with E-state index in [4.69, 9.17) is 10.8 Å². The van der Waals surface area contributed by atoms with Crippen molar-refractivity contribution in [2.75, 3.05) is 0 Å². The van der Waals surface area contributed by atoms with Gasteiger partial charge in [0.1, 0.15) is 11.6 Å². The molecule has 1 rings (SSSR count). The Labute approximate surface area is 75.0 Å². The molecule has 0 radical (unpaired) electrons. The number of nitrogens with two attached hydrogens (primary N) is 1. The predicted molar refractivity (Wildman–Crippen MR) is 45.0 cm³/mol. The minimum atomic E-state index is -0.906. The van der Waals surface area contributed by atoms with Gasteiger partial charge in [0.25, 0.3) is 0 Å². The molecule has 2 nitrogen and oxygen atoms in total. The van der Waals surface area contributed by atoms with Crippen molar-refractivity contribution in [2.45, 2.75) is 19.1 Å². The van der Waals surface area contributed by atoms with Crippen molar-refractivity contribution >= 4 is 0 Å². The minimum absolute atomic E-state index is 0.00463. The summed E-state index contributed by atoms with van der Waals surface area (Å²) in [5.74, 6) is -1.16. The number of halogens is 2.